The third kappa shape index (κ3) is 3.92. The summed E-state index contributed by atoms with van der Waals surface area (Å²) >= 11 is 0. The Hall–Kier alpha value is -2.34. The van der Waals surface area contributed by atoms with E-state index in [0.29, 0.717) is 30.1 Å². The Morgan fingerprint density at radius 3 is 2.25 bits per heavy atom. The van der Waals surface area contributed by atoms with Crippen molar-refractivity contribution in [1.29, 1.82) is 0 Å². The van der Waals surface area contributed by atoms with Gasteiger partial charge in [-0.1, -0.05) is 43.2 Å². The van der Waals surface area contributed by atoms with Crippen LogP contribution in [0.2, 0.25) is 0 Å². The standard InChI is InChI=1S/C22H26N2O3S/c25-22(19-11-13-20(14-12-19)24-15-6-16-28(24,26)27)23-21(18-9-4-5-10-18)17-7-2-1-3-8-17/h1-3,7-8,11-14,18,21H,4-6,9-10,15-16H2,(H,23,25). The zero-order chi connectivity index (χ0) is 19.6. The molecule has 1 atom stereocenters. The number of amides is 1. The van der Waals surface area contributed by atoms with Crippen LogP contribution >= 0.6 is 0 Å². The summed E-state index contributed by atoms with van der Waals surface area (Å²) < 4.78 is 25.6. The van der Waals surface area contributed by atoms with Crippen LogP contribution in [0.15, 0.2) is 54.6 Å². The van der Waals surface area contributed by atoms with E-state index in [1.807, 2.05) is 18.2 Å². The van der Waals surface area contributed by atoms with Crippen molar-refractivity contribution in [1.82, 2.24) is 5.32 Å². The van der Waals surface area contributed by atoms with Gasteiger partial charge >= 0.3 is 0 Å². The van der Waals surface area contributed by atoms with Gasteiger partial charge in [-0.2, -0.15) is 0 Å². The lowest BCUT2D eigenvalue weighted by molar-refractivity contribution is 0.0922. The van der Waals surface area contributed by atoms with Gasteiger partial charge in [0.2, 0.25) is 10.0 Å². The number of rotatable bonds is 5. The molecule has 0 radical (unpaired) electrons. The molecular formula is C22H26N2O3S. The Morgan fingerprint density at radius 1 is 0.964 bits per heavy atom. The minimum Gasteiger partial charge on any atom is -0.345 e. The summed E-state index contributed by atoms with van der Waals surface area (Å²) in [4.78, 5) is 12.9. The quantitative estimate of drug-likeness (QED) is 0.831. The van der Waals surface area contributed by atoms with E-state index in [9.17, 15) is 13.2 Å². The highest BCUT2D eigenvalue weighted by Gasteiger charge is 2.29. The van der Waals surface area contributed by atoms with Crippen molar-refractivity contribution in [2.75, 3.05) is 16.6 Å². The number of hydrogen-bond acceptors (Lipinski definition) is 3. The number of nitrogens with zero attached hydrogens (tertiary/aromatic N) is 1. The van der Waals surface area contributed by atoms with E-state index in [0.717, 1.165) is 18.4 Å². The predicted molar refractivity (Wildman–Crippen MR) is 111 cm³/mol. The lowest BCUT2D eigenvalue weighted by Crippen LogP contribution is -2.32. The molecule has 6 heteroatoms. The van der Waals surface area contributed by atoms with Crippen LogP contribution in [0.1, 0.15) is 54.1 Å². The van der Waals surface area contributed by atoms with Crippen LogP contribution in [-0.4, -0.2) is 26.6 Å². The van der Waals surface area contributed by atoms with Crippen molar-refractivity contribution in [3.05, 3.63) is 65.7 Å². The van der Waals surface area contributed by atoms with Gasteiger partial charge in [0.15, 0.2) is 0 Å². The smallest absolute Gasteiger partial charge is 0.251 e. The van der Waals surface area contributed by atoms with Crippen LogP contribution < -0.4 is 9.62 Å². The zero-order valence-corrected chi connectivity index (χ0v) is 16.7. The molecule has 1 amide bonds. The molecule has 148 valence electrons. The highest BCUT2D eigenvalue weighted by molar-refractivity contribution is 7.93. The molecule has 1 saturated carbocycles. The number of benzene rings is 2. The largest absolute Gasteiger partial charge is 0.345 e. The van der Waals surface area contributed by atoms with Gasteiger partial charge in [0.05, 0.1) is 17.5 Å². The Kier molecular flexibility index (Phi) is 5.40. The topological polar surface area (TPSA) is 66.5 Å². The normalized spacial score (nSPS) is 20.2. The highest BCUT2D eigenvalue weighted by atomic mass is 32.2. The van der Waals surface area contributed by atoms with Gasteiger partial charge < -0.3 is 5.32 Å². The van der Waals surface area contributed by atoms with Gasteiger partial charge in [0, 0.05) is 12.1 Å². The van der Waals surface area contributed by atoms with Crippen LogP contribution in [0.4, 0.5) is 5.69 Å². The van der Waals surface area contributed by atoms with Crippen LogP contribution in [0, 0.1) is 5.92 Å². The average molecular weight is 399 g/mol. The molecule has 1 unspecified atom stereocenters. The van der Waals surface area contributed by atoms with Crippen molar-refractivity contribution in [2.45, 2.75) is 38.1 Å². The molecule has 1 N–H and O–H groups in total. The molecule has 5 nitrogen and oxygen atoms in total. The minimum atomic E-state index is -3.21. The molecular weight excluding hydrogens is 372 g/mol. The van der Waals surface area contributed by atoms with Gasteiger partial charge in [-0.05, 0) is 55.0 Å². The Labute approximate surface area is 166 Å². The van der Waals surface area contributed by atoms with Gasteiger partial charge in [-0.25, -0.2) is 8.42 Å². The summed E-state index contributed by atoms with van der Waals surface area (Å²) in [5, 5.41) is 3.23. The molecule has 0 spiro atoms. The second-order valence-electron chi connectivity index (χ2n) is 7.69. The molecule has 1 saturated heterocycles. The Morgan fingerprint density at radius 2 is 1.64 bits per heavy atom. The third-order valence-corrected chi connectivity index (χ3v) is 7.70. The molecule has 28 heavy (non-hydrogen) atoms. The summed E-state index contributed by atoms with van der Waals surface area (Å²) in [6, 6.07) is 17.1. The van der Waals surface area contributed by atoms with E-state index in [4.69, 9.17) is 0 Å². The number of anilines is 1. The number of hydrogen-bond donors (Lipinski definition) is 1. The number of sulfonamides is 1. The first kappa shape index (κ1) is 19.0. The van der Waals surface area contributed by atoms with Crippen LogP contribution in [0.3, 0.4) is 0 Å². The van der Waals surface area contributed by atoms with E-state index in [1.165, 1.54) is 17.1 Å². The summed E-state index contributed by atoms with van der Waals surface area (Å²) in [5.41, 5.74) is 2.33. The molecule has 1 aliphatic carbocycles. The monoisotopic (exact) mass is 398 g/mol. The van der Waals surface area contributed by atoms with Crippen molar-refractivity contribution in [3.8, 4) is 0 Å². The average Bonchev–Trinajstić information content (AvgIpc) is 3.36. The van der Waals surface area contributed by atoms with Gasteiger partial charge in [-0.3, -0.25) is 9.10 Å². The lowest BCUT2D eigenvalue weighted by atomic mass is 9.91. The van der Waals surface area contributed by atoms with Gasteiger partial charge in [0.1, 0.15) is 0 Å². The Balaban J connectivity index is 1.51. The first-order valence-corrected chi connectivity index (χ1v) is 11.6. The second kappa shape index (κ2) is 7.95. The number of nitrogens with one attached hydrogen (secondary N) is 1. The summed E-state index contributed by atoms with van der Waals surface area (Å²) in [7, 11) is -3.21. The molecule has 0 aromatic heterocycles. The second-order valence-corrected chi connectivity index (χ2v) is 9.71. The fourth-order valence-corrected chi connectivity index (χ4v) is 5.92. The first-order valence-electron chi connectivity index (χ1n) is 10.0. The molecule has 1 heterocycles. The first-order chi connectivity index (χ1) is 13.5. The van der Waals surface area contributed by atoms with E-state index >= 15 is 0 Å². The summed E-state index contributed by atoms with van der Waals surface area (Å²) in [5.74, 6) is 0.534. The summed E-state index contributed by atoms with van der Waals surface area (Å²) in [6.07, 6.45) is 5.33. The zero-order valence-electron chi connectivity index (χ0n) is 15.9. The molecule has 1 aliphatic heterocycles. The van der Waals surface area contributed by atoms with Crippen LogP contribution in [0.25, 0.3) is 0 Å². The predicted octanol–water partition coefficient (Wildman–Crippen LogP) is 3.89. The third-order valence-electron chi connectivity index (χ3n) is 5.83. The molecule has 4 rings (SSSR count). The fourth-order valence-electron chi connectivity index (χ4n) is 4.36. The van der Waals surface area contributed by atoms with Crippen LogP contribution in [0.5, 0.6) is 0 Å². The maximum Gasteiger partial charge on any atom is 0.251 e. The number of carbonyl (C=O) groups excluding carboxylic acids is 1. The van der Waals surface area contributed by atoms with Crippen LogP contribution in [-0.2, 0) is 10.0 Å². The van der Waals surface area contributed by atoms with E-state index < -0.39 is 10.0 Å². The molecule has 2 aromatic carbocycles. The molecule has 2 fully saturated rings. The van der Waals surface area contributed by atoms with Crippen molar-refractivity contribution in [2.24, 2.45) is 5.92 Å². The van der Waals surface area contributed by atoms with Crippen molar-refractivity contribution < 1.29 is 13.2 Å². The molecule has 2 aromatic rings. The van der Waals surface area contributed by atoms with E-state index in [1.54, 1.807) is 24.3 Å². The summed E-state index contributed by atoms with van der Waals surface area (Å²) in [6.45, 7) is 0.506. The maximum absolute atomic E-state index is 12.9. The molecule has 0 bridgehead atoms. The van der Waals surface area contributed by atoms with E-state index in [2.05, 4.69) is 17.4 Å². The maximum atomic E-state index is 12.9. The van der Waals surface area contributed by atoms with Gasteiger partial charge in [0.25, 0.3) is 5.91 Å². The van der Waals surface area contributed by atoms with Crippen molar-refractivity contribution >= 4 is 21.6 Å². The minimum absolute atomic E-state index is 0.00911. The van der Waals surface area contributed by atoms with E-state index in [-0.39, 0.29) is 17.7 Å². The fraction of sp³-hybridized carbons (Fsp3) is 0.409. The lowest BCUT2D eigenvalue weighted by Gasteiger charge is -2.25. The SMILES string of the molecule is O=C(NC(c1ccccc1)C1CCCC1)c1ccc(N2CCCS2(=O)=O)cc1. The number of carbonyl (C=O) groups is 1. The van der Waals surface area contributed by atoms with Crippen molar-refractivity contribution in [3.63, 3.8) is 0 Å². The molecule has 2 aliphatic rings. The van der Waals surface area contributed by atoms with Gasteiger partial charge in [-0.15, -0.1) is 0 Å². The Bertz CT molecular complexity index is 920. The highest BCUT2D eigenvalue weighted by Crippen LogP contribution is 2.36.